The van der Waals surface area contributed by atoms with Crippen LogP contribution in [0.4, 0.5) is 17.6 Å². The molecule has 1 fully saturated rings. The highest BCUT2D eigenvalue weighted by atomic mass is 19.1. The lowest BCUT2D eigenvalue weighted by atomic mass is 10.0. The predicted molar refractivity (Wildman–Crippen MR) is 152 cm³/mol. The minimum Gasteiger partial charge on any atom is -0.478 e. The van der Waals surface area contributed by atoms with Crippen molar-refractivity contribution in [1.82, 2.24) is 14.5 Å². The molecule has 0 atom stereocenters. The lowest BCUT2D eigenvalue weighted by Crippen LogP contribution is -2.16. The summed E-state index contributed by atoms with van der Waals surface area (Å²) in [4.78, 5) is 20.4. The number of hydrogen-bond acceptors (Lipinski definition) is 5. The molecule has 11 heteroatoms. The number of carbonyl (C=O) groups is 1. The highest BCUT2D eigenvalue weighted by molar-refractivity contribution is 5.92. The molecule has 1 N–H and O–H groups in total. The molecule has 0 spiro atoms. The zero-order valence-corrected chi connectivity index (χ0v) is 23.2. The van der Waals surface area contributed by atoms with Gasteiger partial charge in [-0.2, -0.15) is 5.26 Å². The average molecular weight is 601 g/mol. The molecule has 0 bridgehead atoms. The predicted octanol–water partition coefficient (Wildman–Crippen LogP) is 7.00. The molecule has 6 rings (SSSR count). The van der Waals surface area contributed by atoms with Crippen LogP contribution in [0.1, 0.15) is 45.7 Å². The molecule has 0 aliphatic heterocycles. The second kappa shape index (κ2) is 11.4. The first-order valence-electron chi connectivity index (χ1n) is 13.7. The monoisotopic (exact) mass is 600 g/mol. The van der Waals surface area contributed by atoms with E-state index in [9.17, 15) is 23.1 Å². The van der Waals surface area contributed by atoms with Gasteiger partial charge in [-0.15, -0.1) is 0 Å². The van der Waals surface area contributed by atoms with E-state index in [1.165, 1.54) is 36.4 Å². The molecular weight excluding hydrogens is 576 g/mol. The second-order valence-corrected chi connectivity index (χ2v) is 10.9. The Bertz CT molecular complexity index is 1960. The van der Waals surface area contributed by atoms with E-state index in [4.69, 9.17) is 10.00 Å². The van der Waals surface area contributed by atoms with Crippen molar-refractivity contribution in [2.75, 3.05) is 6.67 Å². The number of hydrogen-bond donors (Lipinski definition) is 1. The van der Waals surface area contributed by atoms with Crippen LogP contribution in [0.2, 0.25) is 0 Å². The molecule has 5 aromatic rings. The number of aromatic nitrogens is 3. The van der Waals surface area contributed by atoms with Crippen molar-refractivity contribution >= 4 is 17.0 Å². The second-order valence-electron chi connectivity index (χ2n) is 10.9. The highest BCUT2D eigenvalue weighted by Crippen LogP contribution is 2.48. The van der Waals surface area contributed by atoms with Crippen LogP contribution in [0.5, 0.6) is 5.88 Å². The quantitative estimate of drug-likeness (QED) is 0.173. The molecule has 0 amide bonds. The Morgan fingerprint density at radius 1 is 0.955 bits per heavy atom. The number of carboxylic acids is 1. The Hall–Kier alpha value is -5.24. The molecule has 44 heavy (non-hydrogen) atoms. The Morgan fingerprint density at radius 3 is 2.41 bits per heavy atom. The lowest BCUT2D eigenvalue weighted by molar-refractivity contribution is 0.0697. The van der Waals surface area contributed by atoms with Crippen molar-refractivity contribution in [3.8, 4) is 23.2 Å². The fourth-order valence-electron chi connectivity index (χ4n) is 5.05. The summed E-state index contributed by atoms with van der Waals surface area (Å²) in [6.07, 6.45) is 1.46. The van der Waals surface area contributed by atoms with Gasteiger partial charge in [0, 0.05) is 29.5 Å². The number of pyridine rings is 1. The van der Waals surface area contributed by atoms with Crippen LogP contribution in [0.25, 0.3) is 22.3 Å². The Labute approximate surface area is 249 Å². The van der Waals surface area contributed by atoms with Gasteiger partial charge in [-0.1, -0.05) is 18.2 Å². The molecule has 222 valence electrons. The van der Waals surface area contributed by atoms with Gasteiger partial charge in [0.15, 0.2) is 5.82 Å². The van der Waals surface area contributed by atoms with E-state index in [2.05, 4.69) is 9.97 Å². The number of benzene rings is 3. The minimum atomic E-state index is -1.10. The molecule has 1 aliphatic rings. The van der Waals surface area contributed by atoms with Crippen LogP contribution in [0.3, 0.4) is 0 Å². The van der Waals surface area contributed by atoms with Gasteiger partial charge in [-0.25, -0.2) is 27.9 Å². The maximum absolute atomic E-state index is 15.5. The van der Waals surface area contributed by atoms with Crippen molar-refractivity contribution in [3.63, 3.8) is 0 Å². The van der Waals surface area contributed by atoms with E-state index in [0.29, 0.717) is 47.4 Å². The molecule has 0 unspecified atom stereocenters. The third-order valence-corrected chi connectivity index (χ3v) is 7.87. The fraction of sp³-hybridized carbons (Fsp3) is 0.212. The van der Waals surface area contributed by atoms with Crippen LogP contribution >= 0.6 is 0 Å². The lowest BCUT2D eigenvalue weighted by Gasteiger charge is -2.16. The van der Waals surface area contributed by atoms with Crippen molar-refractivity contribution in [2.24, 2.45) is 5.41 Å². The number of nitriles is 1. The van der Waals surface area contributed by atoms with Crippen molar-refractivity contribution in [2.45, 2.75) is 32.4 Å². The number of nitrogens with zero attached hydrogens (tertiary/aromatic N) is 4. The van der Waals surface area contributed by atoms with Gasteiger partial charge >= 0.3 is 5.97 Å². The molecule has 1 saturated carbocycles. The largest absolute Gasteiger partial charge is 0.478 e. The standard InChI is InChI=1S/C33H24F4N4O3/c34-17-33(9-10-33)18-41-29-13-22(32(42)43)5-7-28(29)39-30(41)14-20-3-4-21(12-26(20)37)27-8-6-24(35)31(40-27)44-16-23-2-1-19(15-38)11-25(23)36/h1-8,11-13H,9-10,14,16-18H2,(H,42,43). The summed E-state index contributed by atoms with van der Waals surface area (Å²) in [5.41, 5.74) is 1.71. The van der Waals surface area contributed by atoms with E-state index in [1.54, 1.807) is 22.8 Å². The summed E-state index contributed by atoms with van der Waals surface area (Å²) in [5.74, 6) is -3.06. The van der Waals surface area contributed by atoms with Crippen molar-refractivity contribution in [3.05, 3.63) is 112 Å². The number of halogens is 4. The van der Waals surface area contributed by atoms with Gasteiger partial charge in [-0.05, 0) is 66.9 Å². The summed E-state index contributed by atoms with van der Waals surface area (Å²) in [6, 6.07) is 17.1. The zero-order chi connectivity index (χ0) is 31.0. The Kier molecular flexibility index (Phi) is 7.51. The molecular formula is C33H24F4N4O3. The number of ether oxygens (including phenoxy) is 1. The fourth-order valence-corrected chi connectivity index (χ4v) is 5.05. The number of imidazole rings is 1. The first kappa shape index (κ1) is 28.9. The maximum Gasteiger partial charge on any atom is 0.335 e. The third kappa shape index (κ3) is 5.71. The molecule has 2 aromatic heterocycles. The van der Waals surface area contributed by atoms with Crippen molar-refractivity contribution in [1.29, 1.82) is 5.26 Å². The number of alkyl halides is 1. The summed E-state index contributed by atoms with van der Waals surface area (Å²) in [7, 11) is 0. The zero-order valence-electron chi connectivity index (χ0n) is 23.2. The van der Waals surface area contributed by atoms with Crippen LogP contribution in [0.15, 0.2) is 66.7 Å². The SMILES string of the molecule is N#Cc1ccc(COc2nc(-c3ccc(Cc4nc5ccc(C(=O)O)cc5n4CC4(CF)CC4)c(F)c3)ccc2F)c(F)c1. The smallest absolute Gasteiger partial charge is 0.335 e. The van der Waals surface area contributed by atoms with Gasteiger partial charge in [0.1, 0.15) is 24.1 Å². The van der Waals surface area contributed by atoms with E-state index < -0.39 is 41.4 Å². The molecule has 3 aromatic carbocycles. The van der Waals surface area contributed by atoms with Crippen LogP contribution < -0.4 is 4.74 Å². The van der Waals surface area contributed by atoms with E-state index >= 15 is 4.39 Å². The highest BCUT2D eigenvalue weighted by Gasteiger charge is 2.43. The van der Waals surface area contributed by atoms with Gasteiger partial charge in [-0.3, -0.25) is 4.39 Å². The molecule has 7 nitrogen and oxygen atoms in total. The van der Waals surface area contributed by atoms with Gasteiger partial charge in [0.2, 0.25) is 0 Å². The molecule has 0 radical (unpaired) electrons. The van der Waals surface area contributed by atoms with Gasteiger partial charge < -0.3 is 14.4 Å². The first-order chi connectivity index (χ1) is 21.2. The number of fused-ring (bicyclic) bond motifs is 1. The Balaban J connectivity index is 1.26. The van der Waals surface area contributed by atoms with E-state index in [1.807, 2.05) is 6.07 Å². The molecule has 2 heterocycles. The topological polar surface area (TPSA) is 101 Å². The first-order valence-corrected chi connectivity index (χ1v) is 13.7. The average Bonchev–Trinajstić information content (AvgIpc) is 3.72. The van der Waals surface area contributed by atoms with Crippen LogP contribution in [0, 0.1) is 34.2 Å². The summed E-state index contributed by atoms with van der Waals surface area (Å²) in [5, 5.41) is 18.4. The molecule has 0 saturated heterocycles. The number of carboxylic acid groups (broad SMARTS) is 1. The summed E-state index contributed by atoms with van der Waals surface area (Å²) >= 11 is 0. The summed E-state index contributed by atoms with van der Waals surface area (Å²) < 4.78 is 65.2. The number of rotatable bonds is 10. The van der Waals surface area contributed by atoms with Crippen LogP contribution in [-0.4, -0.2) is 32.3 Å². The Morgan fingerprint density at radius 2 is 1.73 bits per heavy atom. The van der Waals surface area contributed by atoms with Crippen molar-refractivity contribution < 1.29 is 32.2 Å². The van der Waals surface area contributed by atoms with E-state index in [0.717, 1.165) is 12.1 Å². The number of aromatic carboxylic acids is 1. The van der Waals surface area contributed by atoms with Gasteiger partial charge in [0.25, 0.3) is 5.88 Å². The third-order valence-electron chi connectivity index (χ3n) is 7.87. The molecule has 1 aliphatic carbocycles. The minimum absolute atomic E-state index is 0.0624. The van der Waals surface area contributed by atoms with Gasteiger partial charge in [0.05, 0.1) is 40.6 Å². The summed E-state index contributed by atoms with van der Waals surface area (Å²) in [6.45, 7) is -0.559. The maximum atomic E-state index is 15.5. The van der Waals surface area contributed by atoms with Crippen LogP contribution in [-0.2, 0) is 19.6 Å². The normalized spacial score (nSPS) is 13.5. The van der Waals surface area contributed by atoms with E-state index in [-0.39, 0.29) is 35.4 Å².